The molecule has 0 saturated carbocycles. The third kappa shape index (κ3) is 17.7. The molecule has 0 aliphatic carbocycles. The minimum absolute atomic E-state index is 0.396. The molecule has 0 aliphatic heterocycles. The number of halogens is 1. The maximum atomic E-state index is 12.9. The summed E-state index contributed by atoms with van der Waals surface area (Å²) >= 11 is 2.39. The summed E-state index contributed by atoms with van der Waals surface area (Å²) in [6.07, 6.45) is 21.2. The van der Waals surface area contributed by atoms with E-state index in [1.807, 2.05) is 0 Å². The van der Waals surface area contributed by atoms with Crippen LogP contribution in [0.25, 0.3) is 0 Å². The van der Waals surface area contributed by atoms with Crippen molar-refractivity contribution in [1.29, 1.82) is 0 Å². The molecular weight excluding hydrogens is 527 g/mol. The predicted octanol–water partition coefficient (Wildman–Crippen LogP) is 8.97. The van der Waals surface area contributed by atoms with Crippen molar-refractivity contribution in [2.45, 2.75) is 143 Å². The Labute approximate surface area is 218 Å². The first-order valence-electron chi connectivity index (χ1n) is 13.9. The van der Waals surface area contributed by atoms with Crippen LogP contribution < -0.4 is 0 Å². The van der Waals surface area contributed by atoms with Crippen LogP contribution in [-0.4, -0.2) is 29.6 Å². The van der Waals surface area contributed by atoms with E-state index in [1.54, 1.807) is 6.92 Å². The van der Waals surface area contributed by atoms with Crippen molar-refractivity contribution in [2.24, 2.45) is 5.41 Å². The van der Waals surface area contributed by atoms with Crippen molar-refractivity contribution in [3.8, 4) is 0 Å². The number of carbonyl (C=O) groups excluding carboxylic acids is 2. The van der Waals surface area contributed by atoms with Crippen molar-refractivity contribution in [3.05, 3.63) is 0 Å². The van der Waals surface area contributed by atoms with Gasteiger partial charge in [-0.1, -0.05) is 133 Å². The molecule has 0 aromatic rings. The molecule has 0 heterocycles. The Kier molecular flexibility index (Phi) is 23.2. The number of esters is 2. The molecule has 1 atom stereocenters. The smallest absolute Gasteiger partial charge is 0.323 e. The second kappa shape index (κ2) is 23.4. The highest BCUT2D eigenvalue weighted by Crippen LogP contribution is 2.29. The summed E-state index contributed by atoms with van der Waals surface area (Å²) < 4.78 is 12.3. The van der Waals surface area contributed by atoms with Gasteiger partial charge in [-0.2, -0.15) is 0 Å². The maximum absolute atomic E-state index is 12.9. The molecule has 0 aromatic carbocycles. The molecule has 4 nitrogen and oxygen atoms in total. The highest BCUT2D eigenvalue weighted by atomic mass is 127. The van der Waals surface area contributed by atoms with Crippen LogP contribution in [0.15, 0.2) is 0 Å². The Balaban J connectivity index is 4.41. The lowest BCUT2D eigenvalue weighted by atomic mass is 9.84. The van der Waals surface area contributed by atoms with Gasteiger partial charge in [-0.05, 0) is 37.0 Å². The standard InChI is InChI=1S/C28H53IO4/c1-4-6-8-10-12-13-17-21-25-33-27(31)28(3,22-18-14-15-19-23-29)26(30)32-24-20-16-11-9-7-5-2/h4-25H2,1-3H3. The fraction of sp³-hybridized carbons (Fsp3) is 0.929. The van der Waals surface area contributed by atoms with Crippen LogP contribution in [0.2, 0.25) is 0 Å². The summed E-state index contributed by atoms with van der Waals surface area (Å²) in [5, 5.41) is 0. The van der Waals surface area contributed by atoms with E-state index in [9.17, 15) is 9.59 Å². The minimum Gasteiger partial charge on any atom is -0.465 e. The molecule has 0 spiro atoms. The fourth-order valence-corrected chi connectivity index (χ4v) is 4.52. The molecule has 33 heavy (non-hydrogen) atoms. The number of rotatable bonds is 24. The first kappa shape index (κ1) is 32.7. The first-order chi connectivity index (χ1) is 16.0. The van der Waals surface area contributed by atoms with Crippen LogP contribution in [-0.2, 0) is 19.1 Å². The lowest BCUT2D eigenvalue weighted by Gasteiger charge is -2.25. The Morgan fingerprint density at radius 2 is 0.939 bits per heavy atom. The summed E-state index contributed by atoms with van der Waals surface area (Å²) in [5.41, 5.74) is -1.17. The molecular formula is C28H53IO4. The summed E-state index contributed by atoms with van der Waals surface area (Å²) in [7, 11) is 0. The van der Waals surface area contributed by atoms with Gasteiger partial charge in [0.15, 0.2) is 5.41 Å². The summed E-state index contributed by atoms with van der Waals surface area (Å²) in [5.74, 6) is -0.793. The molecule has 1 unspecified atom stereocenters. The highest BCUT2D eigenvalue weighted by Gasteiger charge is 2.43. The molecule has 0 aromatic heterocycles. The van der Waals surface area contributed by atoms with Gasteiger partial charge in [0.2, 0.25) is 0 Å². The molecule has 0 fully saturated rings. The zero-order valence-electron chi connectivity index (χ0n) is 22.1. The van der Waals surface area contributed by atoms with E-state index in [1.165, 1.54) is 70.6 Å². The van der Waals surface area contributed by atoms with Crippen LogP contribution in [0.3, 0.4) is 0 Å². The minimum atomic E-state index is -1.17. The molecule has 0 rings (SSSR count). The zero-order valence-corrected chi connectivity index (χ0v) is 24.2. The normalized spacial score (nSPS) is 13.0. The van der Waals surface area contributed by atoms with Gasteiger partial charge in [-0.3, -0.25) is 9.59 Å². The van der Waals surface area contributed by atoms with E-state index in [-0.39, 0.29) is 0 Å². The summed E-state index contributed by atoms with van der Waals surface area (Å²) in [6.45, 7) is 6.98. The van der Waals surface area contributed by atoms with Gasteiger partial charge in [0.05, 0.1) is 13.2 Å². The van der Waals surface area contributed by atoms with E-state index in [0.29, 0.717) is 19.6 Å². The molecule has 0 amide bonds. The molecule has 0 saturated heterocycles. The number of ether oxygens (including phenoxy) is 2. The van der Waals surface area contributed by atoms with E-state index < -0.39 is 17.4 Å². The van der Waals surface area contributed by atoms with Crippen LogP contribution in [0.1, 0.15) is 143 Å². The lowest BCUT2D eigenvalue weighted by Crippen LogP contribution is -2.39. The second-order valence-electron chi connectivity index (χ2n) is 9.70. The van der Waals surface area contributed by atoms with Gasteiger partial charge in [0.25, 0.3) is 0 Å². The Morgan fingerprint density at radius 1 is 0.576 bits per heavy atom. The number of unbranched alkanes of at least 4 members (excludes halogenated alkanes) is 15. The second-order valence-corrected chi connectivity index (χ2v) is 10.8. The monoisotopic (exact) mass is 580 g/mol. The van der Waals surface area contributed by atoms with Gasteiger partial charge in [-0.15, -0.1) is 0 Å². The third-order valence-electron chi connectivity index (χ3n) is 6.42. The van der Waals surface area contributed by atoms with Crippen molar-refractivity contribution in [3.63, 3.8) is 0 Å². The average molecular weight is 581 g/mol. The number of hydrogen-bond acceptors (Lipinski definition) is 4. The van der Waals surface area contributed by atoms with Crippen molar-refractivity contribution in [2.75, 3.05) is 17.6 Å². The van der Waals surface area contributed by atoms with E-state index in [2.05, 4.69) is 36.4 Å². The largest absolute Gasteiger partial charge is 0.465 e. The highest BCUT2D eigenvalue weighted by molar-refractivity contribution is 14.1. The third-order valence-corrected chi connectivity index (χ3v) is 7.19. The van der Waals surface area contributed by atoms with Crippen LogP contribution in [0.4, 0.5) is 0 Å². The van der Waals surface area contributed by atoms with Gasteiger partial charge in [-0.25, -0.2) is 0 Å². The topological polar surface area (TPSA) is 52.6 Å². The molecule has 5 heteroatoms. The molecule has 0 aliphatic rings. The number of hydrogen-bond donors (Lipinski definition) is 0. The average Bonchev–Trinajstić information content (AvgIpc) is 2.81. The van der Waals surface area contributed by atoms with Crippen molar-refractivity contribution < 1.29 is 19.1 Å². The van der Waals surface area contributed by atoms with E-state index in [4.69, 9.17) is 9.47 Å². The lowest BCUT2D eigenvalue weighted by molar-refractivity contribution is -0.172. The van der Waals surface area contributed by atoms with Gasteiger partial charge >= 0.3 is 11.9 Å². The van der Waals surface area contributed by atoms with E-state index >= 15 is 0 Å². The Morgan fingerprint density at radius 3 is 1.36 bits per heavy atom. The van der Waals surface area contributed by atoms with E-state index in [0.717, 1.165) is 49.4 Å². The van der Waals surface area contributed by atoms with Gasteiger partial charge < -0.3 is 9.47 Å². The summed E-state index contributed by atoms with van der Waals surface area (Å²) in [6, 6.07) is 0. The SMILES string of the molecule is CCCCCCCCCCOC(=O)C(C)(CCCCCCI)C(=O)OCCCCCCCC. The van der Waals surface area contributed by atoms with Crippen LogP contribution in [0, 0.1) is 5.41 Å². The van der Waals surface area contributed by atoms with Gasteiger partial charge in [0.1, 0.15) is 0 Å². The predicted molar refractivity (Wildman–Crippen MR) is 148 cm³/mol. The van der Waals surface area contributed by atoms with Crippen molar-refractivity contribution >= 4 is 34.5 Å². The quantitative estimate of drug-likeness (QED) is 0.0376. The maximum Gasteiger partial charge on any atom is 0.323 e. The molecule has 0 N–H and O–H groups in total. The zero-order chi connectivity index (χ0) is 24.6. The fourth-order valence-electron chi connectivity index (χ4n) is 3.98. The number of alkyl halides is 1. The van der Waals surface area contributed by atoms with Gasteiger partial charge in [0, 0.05) is 0 Å². The first-order valence-corrected chi connectivity index (χ1v) is 15.5. The Bertz CT molecular complexity index is 469. The Hall–Kier alpha value is -0.330. The number of carbonyl (C=O) groups is 2. The molecule has 0 bridgehead atoms. The van der Waals surface area contributed by atoms with Crippen LogP contribution in [0.5, 0.6) is 0 Å². The molecule has 0 radical (unpaired) electrons. The van der Waals surface area contributed by atoms with Crippen molar-refractivity contribution in [1.82, 2.24) is 0 Å². The molecule has 196 valence electrons. The summed E-state index contributed by atoms with van der Waals surface area (Å²) in [4.78, 5) is 25.8. The van der Waals surface area contributed by atoms with Crippen LogP contribution >= 0.6 is 22.6 Å².